The first-order valence-corrected chi connectivity index (χ1v) is 8.22. The van der Waals surface area contributed by atoms with Crippen molar-refractivity contribution < 1.29 is 19.0 Å². The van der Waals surface area contributed by atoms with Crippen LogP contribution in [0.2, 0.25) is 5.02 Å². The van der Waals surface area contributed by atoms with Crippen molar-refractivity contribution in [2.45, 2.75) is 4.90 Å². The van der Waals surface area contributed by atoms with Crippen molar-refractivity contribution in [1.29, 1.82) is 0 Å². The van der Waals surface area contributed by atoms with Gasteiger partial charge in [0.1, 0.15) is 17.2 Å². The maximum atomic E-state index is 12.0. The monoisotopic (exact) mass is 353 g/mol. The van der Waals surface area contributed by atoms with E-state index in [1.807, 2.05) is 18.4 Å². The Labute approximate surface area is 143 Å². The number of benzene rings is 2. The third-order valence-corrected chi connectivity index (χ3v) is 4.02. The van der Waals surface area contributed by atoms with E-state index in [1.165, 1.54) is 20.3 Å². The Hall–Kier alpha value is -2.05. The summed E-state index contributed by atoms with van der Waals surface area (Å²) in [5, 5.41) is 2.95. The molecule has 7 heteroatoms. The van der Waals surface area contributed by atoms with Crippen LogP contribution in [0.1, 0.15) is 0 Å². The number of rotatable bonds is 5. The summed E-state index contributed by atoms with van der Waals surface area (Å²) in [6.45, 7) is 0. The molecule has 0 aliphatic rings. The molecule has 0 spiro atoms. The average Bonchev–Trinajstić information content (AvgIpc) is 2.55. The molecule has 0 saturated carbocycles. The lowest BCUT2D eigenvalue weighted by Crippen LogP contribution is -2.17. The number of methoxy groups -OCH3 is 2. The van der Waals surface area contributed by atoms with Gasteiger partial charge in [-0.1, -0.05) is 11.6 Å². The molecule has 0 aliphatic carbocycles. The van der Waals surface area contributed by atoms with E-state index >= 15 is 0 Å². The van der Waals surface area contributed by atoms with Gasteiger partial charge in [0.15, 0.2) is 0 Å². The second-order valence-corrected chi connectivity index (χ2v) is 5.66. The summed E-state index contributed by atoms with van der Waals surface area (Å²) in [4.78, 5) is 13.1. The topological polar surface area (TPSA) is 56.8 Å². The molecule has 1 amide bonds. The fraction of sp³-hybridized carbons (Fsp3) is 0.188. The number of halogens is 1. The summed E-state index contributed by atoms with van der Waals surface area (Å²) < 4.78 is 15.5. The van der Waals surface area contributed by atoms with Gasteiger partial charge in [-0.2, -0.15) is 0 Å². The lowest BCUT2D eigenvalue weighted by molar-refractivity contribution is 0.215. The highest BCUT2D eigenvalue weighted by atomic mass is 35.5. The zero-order chi connectivity index (χ0) is 16.8. The number of ether oxygens (including phenoxy) is 3. The summed E-state index contributed by atoms with van der Waals surface area (Å²) in [6.07, 6.45) is 1.34. The molecule has 0 fully saturated rings. The van der Waals surface area contributed by atoms with E-state index in [1.54, 1.807) is 30.0 Å². The van der Waals surface area contributed by atoms with Gasteiger partial charge in [0, 0.05) is 11.0 Å². The van der Waals surface area contributed by atoms with Gasteiger partial charge in [-0.25, -0.2) is 4.79 Å². The van der Waals surface area contributed by atoms with Crippen LogP contribution in [0.4, 0.5) is 10.5 Å². The first kappa shape index (κ1) is 17.3. The number of hydrogen-bond donors (Lipinski definition) is 1. The number of amides is 1. The molecular weight excluding hydrogens is 338 g/mol. The van der Waals surface area contributed by atoms with E-state index in [-0.39, 0.29) is 0 Å². The zero-order valence-corrected chi connectivity index (χ0v) is 14.5. The van der Waals surface area contributed by atoms with E-state index in [0.717, 1.165) is 4.90 Å². The lowest BCUT2D eigenvalue weighted by atomic mass is 10.2. The second kappa shape index (κ2) is 7.99. The molecule has 2 aromatic carbocycles. The summed E-state index contributed by atoms with van der Waals surface area (Å²) in [7, 11) is 2.99. The molecule has 2 rings (SSSR count). The Kier molecular flexibility index (Phi) is 6.01. The van der Waals surface area contributed by atoms with Crippen molar-refractivity contribution >= 4 is 35.1 Å². The van der Waals surface area contributed by atoms with Crippen LogP contribution in [0.3, 0.4) is 0 Å². The molecule has 1 N–H and O–H groups in total. The van der Waals surface area contributed by atoms with Crippen molar-refractivity contribution in [1.82, 2.24) is 0 Å². The fourth-order valence-corrected chi connectivity index (χ4v) is 2.49. The Morgan fingerprint density at radius 2 is 1.74 bits per heavy atom. The summed E-state index contributed by atoms with van der Waals surface area (Å²) in [6, 6.07) is 10.3. The Bertz CT molecular complexity index is 691. The van der Waals surface area contributed by atoms with Crippen LogP contribution >= 0.6 is 23.4 Å². The summed E-state index contributed by atoms with van der Waals surface area (Å²) in [5.41, 5.74) is 0.393. The molecule has 0 radical (unpaired) electrons. The van der Waals surface area contributed by atoms with Crippen LogP contribution in [0.15, 0.2) is 41.3 Å². The maximum Gasteiger partial charge on any atom is 0.417 e. The van der Waals surface area contributed by atoms with Gasteiger partial charge < -0.3 is 14.2 Å². The van der Waals surface area contributed by atoms with Gasteiger partial charge in [0.05, 0.1) is 24.9 Å². The molecule has 0 aromatic heterocycles. The maximum absolute atomic E-state index is 12.0. The third-order valence-electron chi connectivity index (χ3n) is 2.98. The molecule has 0 unspecified atom stereocenters. The summed E-state index contributed by atoms with van der Waals surface area (Å²) >= 11 is 7.67. The number of thioether (sulfide) groups is 1. The highest BCUT2D eigenvalue weighted by Gasteiger charge is 2.13. The molecule has 0 saturated heterocycles. The van der Waals surface area contributed by atoms with Crippen LogP contribution in [0, 0.1) is 0 Å². The minimum atomic E-state index is -0.638. The Morgan fingerprint density at radius 1 is 1.09 bits per heavy atom. The zero-order valence-electron chi connectivity index (χ0n) is 12.9. The molecule has 0 heterocycles. The number of anilines is 1. The molecular formula is C16H16ClNO4S. The van der Waals surface area contributed by atoms with Gasteiger partial charge >= 0.3 is 6.09 Å². The first-order chi connectivity index (χ1) is 11.1. The normalized spacial score (nSPS) is 10.1. The first-order valence-electron chi connectivity index (χ1n) is 6.61. The molecule has 5 nitrogen and oxygen atoms in total. The molecule has 0 aliphatic heterocycles. The van der Waals surface area contributed by atoms with Crippen LogP contribution in [-0.2, 0) is 0 Å². The summed E-state index contributed by atoms with van der Waals surface area (Å²) in [5.74, 6) is 1.31. The van der Waals surface area contributed by atoms with Gasteiger partial charge in [-0.15, -0.1) is 11.8 Å². The molecule has 23 heavy (non-hydrogen) atoms. The number of carbonyl (C=O) groups is 1. The second-order valence-electron chi connectivity index (χ2n) is 4.38. The largest absolute Gasteiger partial charge is 0.495 e. The quantitative estimate of drug-likeness (QED) is 0.790. The van der Waals surface area contributed by atoms with E-state index < -0.39 is 6.09 Å². The molecule has 2 aromatic rings. The van der Waals surface area contributed by atoms with Crippen molar-refractivity contribution in [3.05, 3.63) is 41.4 Å². The van der Waals surface area contributed by atoms with Crippen molar-refractivity contribution in [2.24, 2.45) is 0 Å². The SMILES string of the molecule is COc1cc(OC)c(NC(=O)Oc2ccc(SC)cc2)cc1Cl. The molecule has 0 atom stereocenters. The van der Waals surface area contributed by atoms with Crippen LogP contribution in [0.5, 0.6) is 17.2 Å². The van der Waals surface area contributed by atoms with Gasteiger partial charge in [-0.05, 0) is 36.6 Å². The predicted octanol–water partition coefficient (Wildman–Crippen LogP) is 4.69. The number of nitrogens with one attached hydrogen (secondary N) is 1. The molecule has 122 valence electrons. The van der Waals surface area contributed by atoms with Crippen molar-refractivity contribution in [3.63, 3.8) is 0 Å². The third kappa shape index (κ3) is 4.46. The fourth-order valence-electron chi connectivity index (χ4n) is 1.84. The Morgan fingerprint density at radius 3 is 2.30 bits per heavy atom. The van der Waals surface area contributed by atoms with Crippen LogP contribution < -0.4 is 19.5 Å². The minimum absolute atomic E-state index is 0.355. The predicted molar refractivity (Wildman–Crippen MR) is 92.4 cm³/mol. The van der Waals surface area contributed by atoms with E-state index in [0.29, 0.717) is 28.0 Å². The lowest BCUT2D eigenvalue weighted by Gasteiger charge is -2.13. The van der Waals surface area contributed by atoms with Gasteiger partial charge in [-0.3, -0.25) is 5.32 Å². The van der Waals surface area contributed by atoms with Crippen LogP contribution in [0.25, 0.3) is 0 Å². The average molecular weight is 354 g/mol. The number of carbonyl (C=O) groups excluding carboxylic acids is 1. The minimum Gasteiger partial charge on any atom is -0.495 e. The van der Waals surface area contributed by atoms with Gasteiger partial charge in [0.2, 0.25) is 0 Å². The van der Waals surface area contributed by atoms with E-state index in [4.69, 9.17) is 25.8 Å². The van der Waals surface area contributed by atoms with Crippen LogP contribution in [-0.4, -0.2) is 26.6 Å². The van der Waals surface area contributed by atoms with Gasteiger partial charge in [0.25, 0.3) is 0 Å². The Balaban J connectivity index is 2.11. The molecule has 0 bridgehead atoms. The van der Waals surface area contributed by atoms with Crippen molar-refractivity contribution in [2.75, 3.05) is 25.8 Å². The number of hydrogen-bond acceptors (Lipinski definition) is 5. The highest BCUT2D eigenvalue weighted by molar-refractivity contribution is 7.98. The van der Waals surface area contributed by atoms with E-state index in [2.05, 4.69) is 5.32 Å². The standard InChI is InChI=1S/C16H16ClNO4S/c1-20-14-9-15(21-2)13(8-12(14)17)18-16(19)22-10-4-6-11(23-3)7-5-10/h4-9H,1-3H3,(H,18,19). The van der Waals surface area contributed by atoms with E-state index in [9.17, 15) is 4.79 Å². The highest BCUT2D eigenvalue weighted by Crippen LogP contribution is 2.36. The van der Waals surface area contributed by atoms with Crippen molar-refractivity contribution in [3.8, 4) is 17.2 Å². The smallest absolute Gasteiger partial charge is 0.417 e.